The summed E-state index contributed by atoms with van der Waals surface area (Å²) >= 11 is 0. The Balaban J connectivity index is 5.58. The Morgan fingerprint density at radius 1 is 0.895 bits per heavy atom. The van der Waals surface area contributed by atoms with Crippen molar-refractivity contribution < 1.29 is 56.6 Å². The summed E-state index contributed by atoms with van der Waals surface area (Å²) in [6, 6.07) is 0. The third kappa shape index (κ3) is 3.49. The standard InChI is InChI=1S/C5F10O3S/c6-1(2(7)8)3(9,10)18-4(11,12)5(13,14)19(15,16)17. The molecule has 0 radical (unpaired) electrons. The van der Waals surface area contributed by atoms with E-state index in [2.05, 4.69) is 0 Å². The fourth-order valence-electron chi connectivity index (χ4n) is 0.517. The molecule has 0 fully saturated rings. The predicted molar refractivity (Wildman–Crippen MR) is 36.3 cm³/mol. The van der Waals surface area contributed by atoms with Crippen LogP contribution in [0.4, 0.5) is 43.4 Å². The van der Waals surface area contributed by atoms with Gasteiger partial charge < -0.3 is 0 Å². The second kappa shape index (κ2) is 4.81. The van der Waals surface area contributed by atoms with Crippen molar-refractivity contribution in [1.29, 1.82) is 0 Å². The van der Waals surface area contributed by atoms with Crippen LogP contribution in [0.5, 0.6) is 0 Å². The van der Waals surface area contributed by atoms with Crippen LogP contribution in [0.2, 0.25) is 0 Å². The summed E-state index contributed by atoms with van der Waals surface area (Å²) < 4.78 is 141. The Kier molecular flexibility index (Phi) is 4.54. The molecule has 0 aromatic heterocycles. The molecule has 0 aromatic rings. The summed E-state index contributed by atoms with van der Waals surface area (Å²) in [6.07, 6.45) is -17.0. The first-order valence-corrected chi connectivity index (χ1v) is 4.93. The lowest BCUT2D eigenvalue weighted by atomic mass is 10.5. The van der Waals surface area contributed by atoms with Gasteiger partial charge >= 0.3 is 33.8 Å². The highest BCUT2D eigenvalue weighted by Crippen LogP contribution is 2.45. The van der Waals surface area contributed by atoms with E-state index in [-0.39, 0.29) is 0 Å². The summed E-state index contributed by atoms with van der Waals surface area (Å²) in [4.78, 5) is 0. The quantitative estimate of drug-likeness (QED) is 0.574. The minimum atomic E-state index is -7.45. The maximum absolute atomic E-state index is 12.3. The lowest BCUT2D eigenvalue weighted by Gasteiger charge is -2.25. The van der Waals surface area contributed by atoms with Gasteiger partial charge in [-0.15, -0.1) is 0 Å². The minimum absolute atomic E-state index is 1.69. The van der Waals surface area contributed by atoms with Gasteiger partial charge in [0.25, 0.3) is 5.83 Å². The summed E-state index contributed by atoms with van der Waals surface area (Å²) in [5.74, 6) is -3.97. The third-order valence-corrected chi connectivity index (χ3v) is 2.17. The van der Waals surface area contributed by atoms with Gasteiger partial charge in [-0.1, -0.05) is 3.89 Å². The summed E-state index contributed by atoms with van der Waals surface area (Å²) in [5.41, 5.74) is 0. The molecule has 0 amide bonds. The van der Waals surface area contributed by atoms with E-state index in [0.29, 0.717) is 0 Å². The second-order valence-corrected chi connectivity index (χ2v) is 4.05. The van der Waals surface area contributed by atoms with Crippen LogP contribution in [-0.4, -0.2) is 25.9 Å². The molecule has 0 saturated carbocycles. The highest BCUT2D eigenvalue weighted by molar-refractivity contribution is 7.87. The number of alkyl halides is 6. The zero-order valence-electron chi connectivity index (χ0n) is 7.91. The molecule has 0 bridgehead atoms. The van der Waals surface area contributed by atoms with Crippen LogP contribution in [0.25, 0.3) is 0 Å². The number of ether oxygens (including phenoxy) is 1. The van der Waals surface area contributed by atoms with E-state index in [9.17, 15) is 51.8 Å². The van der Waals surface area contributed by atoms with Crippen molar-refractivity contribution >= 4 is 10.2 Å². The highest BCUT2D eigenvalue weighted by Gasteiger charge is 2.72. The summed E-state index contributed by atoms with van der Waals surface area (Å²) in [7, 11) is -7.45. The molecule has 0 aliphatic rings. The highest BCUT2D eigenvalue weighted by atomic mass is 32.3. The lowest BCUT2D eigenvalue weighted by molar-refractivity contribution is -0.406. The second-order valence-electron chi connectivity index (χ2n) is 2.66. The first kappa shape index (κ1) is 17.9. The molecular weight excluding hydrogens is 330 g/mol. The largest absolute Gasteiger partial charge is 0.464 e. The van der Waals surface area contributed by atoms with Crippen LogP contribution in [0.3, 0.4) is 0 Å². The van der Waals surface area contributed by atoms with Crippen LogP contribution < -0.4 is 0 Å². The Hall–Kier alpha value is -1.05. The Morgan fingerprint density at radius 2 is 1.26 bits per heavy atom. The Labute approximate surface area is 97.2 Å². The minimum Gasteiger partial charge on any atom is -0.243 e. The normalized spacial score (nSPS) is 14.4. The fourth-order valence-corrected chi connectivity index (χ4v) is 0.843. The van der Waals surface area contributed by atoms with E-state index in [1.54, 1.807) is 4.74 Å². The van der Waals surface area contributed by atoms with E-state index < -0.39 is 39.6 Å². The van der Waals surface area contributed by atoms with Crippen LogP contribution in [-0.2, 0) is 15.0 Å². The van der Waals surface area contributed by atoms with Crippen molar-refractivity contribution in [1.82, 2.24) is 0 Å². The van der Waals surface area contributed by atoms with Gasteiger partial charge in [-0.25, -0.2) is 4.74 Å². The van der Waals surface area contributed by atoms with Gasteiger partial charge in [0, 0.05) is 0 Å². The van der Waals surface area contributed by atoms with E-state index in [1.807, 2.05) is 0 Å². The number of rotatable bonds is 5. The van der Waals surface area contributed by atoms with Gasteiger partial charge in [-0.2, -0.15) is 47.9 Å². The van der Waals surface area contributed by atoms with Crippen molar-refractivity contribution in [3.8, 4) is 0 Å². The topological polar surface area (TPSA) is 43.4 Å². The predicted octanol–water partition coefficient (Wildman–Crippen LogP) is 3.16. The van der Waals surface area contributed by atoms with E-state index in [0.717, 1.165) is 0 Å². The Morgan fingerprint density at radius 3 is 1.53 bits per heavy atom. The van der Waals surface area contributed by atoms with Crippen LogP contribution >= 0.6 is 0 Å². The zero-order valence-corrected chi connectivity index (χ0v) is 8.73. The molecule has 114 valence electrons. The third-order valence-electron chi connectivity index (χ3n) is 1.32. The SMILES string of the molecule is O=S(=O)(F)C(F)(F)C(F)(F)OC(F)(F)C(F)=C(F)F. The summed E-state index contributed by atoms with van der Waals surface area (Å²) in [5, 5.41) is -6.85. The van der Waals surface area contributed by atoms with Crippen molar-refractivity contribution in [2.75, 3.05) is 0 Å². The number of hydrogen-bond acceptors (Lipinski definition) is 3. The number of halogens is 10. The first-order chi connectivity index (χ1) is 8.06. The Bertz CT molecular complexity index is 475. The molecule has 0 N–H and O–H groups in total. The van der Waals surface area contributed by atoms with Gasteiger partial charge in [0.1, 0.15) is 0 Å². The molecule has 14 heteroatoms. The van der Waals surface area contributed by atoms with Crippen molar-refractivity contribution in [2.45, 2.75) is 17.5 Å². The van der Waals surface area contributed by atoms with Gasteiger partial charge in [0.05, 0.1) is 0 Å². The molecule has 0 unspecified atom stereocenters. The monoisotopic (exact) mass is 330 g/mol. The maximum Gasteiger partial charge on any atom is 0.464 e. The van der Waals surface area contributed by atoms with Gasteiger partial charge in [-0.05, 0) is 0 Å². The summed E-state index contributed by atoms with van der Waals surface area (Å²) in [6.45, 7) is 0. The smallest absolute Gasteiger partial charge is 0.243 e. The van der Waals surface area contributed by atoms with E-state index >= 15 is 0 Å². The van der Waals surface area contributed by atoms with Gasteiger partial charge in [0.15, 0.2) is 0 Å². The first-order valence-electron chi connectivity index (χ1n) is 3.55. The van der Waals surface area contributed by atoms with Crippen LogP contribution in [0.1, 0.15) is 0 Å². The average Bonchev–Trinajstić information content (AvgIpc) is 2.12. The fraction of sp³-hybridized carbons (Fsp3) is 0.600. The van der Waals surface area contributed by atoms with E-state index in [4.69, 9.17) is 0 Å². The molecule has 0 atom stereocenters. The molecule has 0 rings (SSSR count). The van der Waals surface area contributed by atoms with Crippen molar-refractivity contribution in [3.63, 3.8) is 0 Å². The average molecular weight is 330 g/mol. The zero-order chi connectivity index (χ0) is 15.9. The molecule has 0 heterocycles. The molecule has 19 heavy (non-hydrogen) atoms. The number of hydrogen-bond donors (Lipinski definition) is 0. The molecule has 0 aromatic carbocycles. The van der Waals surface area contributed by atoms with Gasteiger partial charge in [-0.3, -0.25) is 0 Å². The molecule has 0 aliphatic carbocycles. The van der Waals surface area contributed by atoms with Crippen LogP contribution in [0, 0.1) is 0 Å². The van der Waals surface area contributed by atoms with Crippen molar-refractivity contribution in [2.24, 2.45) is 0 Å². The molecular formula is C5F10O3S. The maximum atomic E-state index is 12.3. The molecule has 0 aliphatic heterocycles. The molecule has 0 spiro atoms. The molecule has 0 saturated heterocycles. The molecule has 3 nitrogen and oxygen atoms in total. The van der Waals surface area contributed by atoms with Crippen molar-refractivity contribution in [3.05, 3.63) is 11.9 Å². The lowest BCUT2D eigenvalue weighted by Crippen LogP contribution is -2.50. The van der Waals surface area contributed by atoms with Crippen LogP contribution in [0.15, 0.2) is 11.9 Å². The van der Waals surface area contributed by atoms with Gasteiger partial charge in [0.2, 0.25) is 0 Å². The van der Waals surface area contributed by atoms with E-state index in [1.165, 1.54) is 0 Å².